The van der Waals surface area contributed by atoms with Gasteiger partial charge in [-0.3, -0.25) is 0 Å². The van der Waals surface area contributed by atoms with Crippen LogP contribution in [0.4, 0.5) is 0 Å². The molecule has 0 spiro atoms. The molecule has 0 radical (unpaired) electrons. The Morgan fingerprint density at radius 3 is 2.22 bits per heavy atom. The monoisotopic (exact) mass is 202 g/mol. The number of halogens is 1. The van der Waals surface area contributed by atoms with E-state index >= 15 is 0 Å². The van der Waals surface area contributed by atoms with E-state index in [2.05, 4.69) is 0 Å². The standard InChI is InChI=1S/C6H4AsClO/c8-6-3-1-5(7-9)2-4-6/h1-4H. The van der Waals surface area contributed by atoms with Crippen LogP contribution >= 0.6 is 11.6 Å². The van der Waals surface area contributed by atoms with Gasteiger partial charge in [-0.1, -0.05) is 0 Å². The Bertz CT molecular complexity index is 207. The summed E-state index contributed by atoms with van der Waals surface area (Å²) in [5.41, 5.74) is 0. The summed E-state index contributed by atoms with van der Waals surface area (Å²) in [6.45, 7) is 0. The van der Waals surface area contributed by atoms with Crippen molar-refractivity contribution in [1.29, 1.82) is 0 Å². The molecule has 0 atom stereocenters. The first kappa shape index (κ1) is 6.98. The predicted octanol–water partition coefficient (Wildman–Crippen LogP) is 1.02. The van der Waals surface area contributed by atoms with Gasteiger partial charge >= 0.3 is 64.7 Å². The molecule has 1 nitrogen and oxygen atoms in total. The minimum atomic E-state index is -0.888. The SMILES string of the molecule is O=[As]c1ccc(Cl)cc1. The first-order valence-corrected chi connectivity index (χ1v) is 4.50. The van der Waals surface area contributed by atoms with Gasteiger partial charge in [0.25, 0.3) is 0 Å². The van der Waals surface area contributed by atoms with E-state index in [9.17, 15) is 3.74 Å². The number of hydrogen-bond acceptors (Lipinski definition) is 1. The fourth-order valence-electron chi connectivity index (χ4n) is 0.502. The van der Waals surface area contributed by atoms with E-state index < -0.39 is 15.7 Å². The Hall–Kier alpha value is -0.132. The van der Waals surface area contributed by atoms with Crippen LogP contribution in [0.1, 0.15) is 0 Å². The van der Waals surface area contributed by atoms with Gasteiger partial charge < -0.3 is 0 Å². The molecule has 0 fully saturated rings. The summed E-state index contributed by atoms with van der Waals surface area (Å²) in [4.78, 5) is 0. The topological polar surface area (TPSA) is 17.1 Å². The molecule has 0 aliphatic rings. The normalized spacial score (nSPS) is 9.89. The van der Waals surface area contributed by atoms with E-state index in [1.807, 2.05) is 0 Å². The molecule has 1 aromatic rings. The third-order valence-electron chi connectivity index (χ3n) is 0.932. The molecule has 46 valence electrons. The second-order valence-corrected chi connectivity index (χ2v) is 3.47. The first-order chi connectivity index (χ1) is 4.33. The van der Waals surface area contributed by atoms with Crippen LogP contribution in [0.15, 0.2) is 24.3 Å². The van der Waals surface area contributed by atoms with E-state index in [1.165, 1.54) is 0 Å². The molecule has 3 heteroatoms. The van der Waals surface area contributed by atoms with Crippen molar-refractivity contribution in [3.05, 3.63) is 29.3 Å². The number of benzene rings is 1. The van der Waals surface area contributed by atoms with Crippen molar-refractivity contribution in [3.63, 3.8) is 0 Å². The minimum absolute atomic E-state index is 0.688. The van der Waals surface area contributed by atoms with Crippen molar-refractivity contribution >= 4 is 31.6 Å². The van der Waals surface area contributed by atoms with Crippen LogP contribution in [0, 0.1) is 0 Å². The zero-order valence-electron chi connectivity index (χ0n) is 4.54. The molecule has 0 saturated carbocycles. The average molecular weight is 202 g/mol. The first-order valence-electron chi connectivity index (χ1n) is 2.42. The molecule has 0 aromatic heterocycles. The number of rotatable bonds is 1. The summed E-state index contributed by atoms with van der Waals surface area (Å²) < 4.78 is 11.2. The van der Waals surface area contributed by atoms with Crippen molar-refractivity contribution in [2.24, 2.45) is 0 Å². The van der Waals surface area contributed by atoms with Gasteiger partial charge in [-0.05, 0) is 0 Å². The van der Waals surface area contributed by atoms with Crippen LogP contribution in [0.25, 0.3) is 0 Å². The van der Waals surface area contributed by atoms with Crippen LogP contribution in [-0.4, -0.2) is 15.7 Å². The second-order valence-electron chi connectivity index (χ2n) is 1.57. The molecule has 9 heavy (non-hydrogen) atoms. The van der Waals surface area contributed by atoms with Gasteiger partial charge in [-0.15, -0.1) is 0 Å². The molecular weight excluding hydrogens is 198 g/mol. The zero-order valence-corrected chi connectivity index (χ0v) is 7.18. The maximum absolute atomic E-state index is 10.3. The van der Waals surface area contributed by atoms with Crippen molar-refractivity contribution in [1.82, 2.24) is 0 Å². The summed E-state index contributed by atoms with van der Waals surface area (Å²) in [6, 6.07) is 7.03. The number of hydrogen-bond donors (Lipinski definition) is 0. The summed E-state index contributed by atoms with van der Waals surface area (Å²) in [5.74, 6) is 0. The van der Waals surface area contributed by atoms with E-state index in [4.69, 9.17) is 11.6 Å². The average Bonchev–Trinajstić information content (AvgIpc) is 1.90. The van der Waals surface area contributed by atoms with Gasteiger partial charge in [0.1, 0.15) is 0 Å². The Morgan fingerprint density at radius 2 is 1.78 bits per heavy atom. The molecule has 0 unspecified atom stereocenters. The Balaban J connectivity index is 3.01. The fourth-order valence-corrected chi connectivity index (χ4v) is 1.20. The van der Waals surface area contributed by atoms with Gasteiger partial charge in [0.05, 0.1) is 0 Å². The van der Waals surface area contributed by atoms with Crippen molar-refractivity contribution < 1.29 is 3.74 Å². The van der Waals surface area contributed by atoms with Gasteiger partial charge in [0.15, 0.2) is 0 Å². The molecule has 0 saturated heterocycles. The quantitative estimate of drug-likeness (QED) is 0.622. The summed E-state index contributed by atoms with van der Waals surface area (Å²) >= 11 is 4.69. The maximum atomic E-state index is 10.3. The van der Waals surface area contributed by atoms with Gasteiger partial charge in [0.2, 0.25) is 0 Å². The van der Waals surface area contributed by atoms with E-state index in [0.717, 1.165) is 4.35 Å². The molecule has 0 aliphatic heterocycles. The Kier molecular flexibility index (Phi) is 2.44. The van der Waals surface area contributed by atoms with Crippen LogP contribution in [0.5, 0.6) is 0 Å². The van der Waals surface area contributed by atoms with Crippen molar-refractivity contribution in [2.45, 2.75) is 0 Å². The molecule has 1 rings (SSSR count). The van der Waals surface area contributed by atoms with Crippen LogP contribution < -0.4 is 4.35 Å². The zero-order chi connectivity index (χ0) is 6.69. The van der Waals surface area contributed by atoms with Crippen molar-refractivity contribution in [2.75, 3.05) is 0 Å². The summed E-state index contributed by atoms with van der Waals surface area (Å²) in [5, 5.41) is 0.688. The predicted molar refractivity (Wildman–Crippen MR) is 37.5 cm³/mol. The molecule has 0 amide bonds. The van der Waals surface area contributed by atoms with Gasteiger partial charge in [0, 0.05) is 0 Å². The van der Waals surface area contributed by atoms with Gasteiger partial charge in [-0.25, -0.2) is 0 Å². The van der Waals surface area contributed by atoms with Crippen LogP contribution in [0.2, 0.25) is 5.02 Å². The van der Waals surface area contributed by atoms with E-state index in [-0.39, 0.29) is 0 Å². The third-order valence-corrected chi connectivity index (χ3v) is 2.25. The van der Waals surface area contributed by atoms with E-state index in [1.54, 1.807) is 24.3 Å². The molecule has 0 bridgehead atoms. The molecular formula is C6H4AsClO. The van der Waals surface area contributed by atoms with Crippen LogP contribution in [-0.2, 0) is 3.74 Å². The van der Waals surface area contributed by atoms with Gasteiger partial charge in [-0.2, -0.15) is 0 Å². The van der Waals surface area contributed by atoms with Crippen molar-refractivity contribution in [3.8, 4) is 0 Å². The second kappa shape index (κ2) is 3.14. The molecule has 1 aromatic carbocycles. The molecule has 0 heterocycles. The molecule has 0 N–H and O–H groups in total. The molecule has 0 aliphatic carbocycles. The summed E-state index contributed by atoms with van der Waals surface area (Å²) in [6.07, 6.45) is 0. The van der Waals surface area contributed by atoms with Crippen LogP contribution in [0.3, 0.4) is 0 Å². The third kappa shape index (κ3) is 1.92. The van der Waals surface area contributed by atoms with E-state index in [0.29, 0.717) is 5.02 Å². The Morgan fingerprint density at radius 1 is 1.22 bits per heavy atom. The fraction of sp³-hybridized carbons (Fsp3) is 0. The summed E-state index contributed by atoms with van der Waals surface area (Å²) in [7, 11) is 0. The Labute approximate surface area is 64.9 Å².